The molecule has 5 N–H and O–H groups in total. The van der Waals surface area contributed by atoms with Crippen LogP contribution in [0.4, 0.5) is 20.4 Å². The second-order valence-corrected chi connectivity index (χ2v) is 15.5. The number of anilines is 2. The van der Waals surface area contributed by atoms with Crippen molar-refractivity contribution in [2.45, 2.75) is 49.2 Å². The Balaban J connectivity index is 1.20. The fourth-order valence-electron chi connectivity index (χ4n) is 5.16. The lowest BCUT2D eigenvalue weighted by Gasteiger charge is -2.27. The predicted molar refractivity (Wildman–Crippen MR) is 152 cm³/mol. The standard InChI is InChI=1S/C20H22F2N10O8P2S2/c21-9-7-1-35-41(33,43)39-13-8(38-19(10(13)22)31-5-29-11-15(23)25-3-27-17(11)31)2-36-42(34,44)40-14(9)20(37-7)32-6-30-12-16(24)26-4-28-18(12)32/h3-10,13-14,19-20H,1-2H2,(H,33,43)(H,34,44)(H2,23,25,27)(H2,24,26,28)/t7?,8?,9-,10+,13+,14+,19+,20+,41?,42?/m0/s1. The van der Waals surface area contributed by atoms with Crippen molar-refractivity contribution >= 4 is 71.5 Å². The van der Waals surface area contributed by atoms with Crippen LogP contribution in [0.5, 0.6) is 0 Å². The number of nitrogen functional groups attached to an aromatic ring is 2. The third-order valence-electron chi connectivity index (χ3n) is 7.17. The van der Waals surface area contributed by atoms with Crippen molar-refractivity contribution in [3.8, 4) is 0 Å². The van der Waals surface area contributed by atoms with Crippen LogP contribution < -0.4 is 11.5 Å². The molecule has 2 bridgehead atoms. The molecule has 0 aromatic carbocycles. The molecular weight excluding hydrogens is 672 g/mol. The van der Waals surface area contributed by atoms with Gasteiger partial charge in [-0.25, -0.2) is 43.2 Å². The molecular formula is C20H22F2N10O8P2S2. The molecule has 3 saturated heterocycles. The molecule has 10 atom stereocenters. The van der Waals surface area contributed by atoms with E-state index >= 15 is 8.78 Å². The second kappa shape index (κ2) is 11.1. The molecule has 7 rings (SSSR count). The van der Waals surface area contributed by atoms with Crippen LogP contribution in [-0.2, 0) is 43.9 Å². The van der Waals surface area contributed by atoms with Gasteiger partial charge < -0.3 is 30.4 Å². The monoisotopic (exact) mass is 694 g/mol. The second-order valence-electron chi connectivity index (χ2n) is 9.85. The minimum Gasteiger partial charge on any atom is -0.382 e. The molecule has 44 heavy (non-hydrogen) atoms. The van der Waals surface area contributed by atoms with Gasteiger partial charge in [0.15, 0.2) is 47.7 Å². The quantitative estimate of drug-likeness (QED) is 0.171. The molecule has 0 spiro atoms. The van der Waals surface area contributed by atoms with Gasteiger partial charge in [0.1, 0.15) is 48.1 Å². The summed E-state index contributed by atoms with van der Waals surface area (Å²) in [6.45, 7) is -10.0. The average molecular weight is 695 g/mol. The van der Waals surface area contributed by atoms with E-state index in [1.165, 1.54) is 28.1 Å². The Morgan fingerprint density at radius 1 is 0.841 bits per heavy atom. The van der Waals surface area contributed by atoms with Crippen molar-refractivity contribution in [2.24, 2.45) is 0 Å². The Kier molecular flexibility index (Phi) is 7.61. The Labute approximate surface area is 255 Å². The van der Waals surface area contributed by atoms with E-state index in [1.807, 2.05) is 0 Å². The topological polar surface area (TPSA) is 232 Å². The zero-order valence-corrected chi connectivity index (χ0v) is 25.4. The maximum absolute atomic E-state index is 16.0. The number of alkyl halides is 2. The van der Waals surface area contributed by atoms with Crippen LogP contribution in [0.1, 0.15) is 12.5 Å². The molecule has 4 unspecified atom stereocenters. The van der Waals surface area contributed by atoms with Gasteiger partial charge in [-0.3, -0.25) is 22.7 Å². The minimum absolute atomic E-state index is 0.0524. The van der Waals surface area contributed by atoms with Crippen LogP contribution in [-0.4, -0.2) is 93.9 Å². The Hall–Kier alpha value is -2.49. The number of nitrogens with two attached hydrogens (primary N) is 2. The lowest BCUT2D eigenvalue weighted by Crippen LogP contribution is -2.34. The molecule has 236 valence electrons. The number of ether oxygens (including phenoxy) is 2. The number of fused-ring (bicyclic) bond motifs is 5. The van der Waals surface area contributed by atoms with Crippen LogP contribution in [0.2, 0.25) is 0 Å². The zero-order chi connectivity index (χ0) is 31.0. The number of rotatable bonds is 2. The zero-order valence-electron chi connectivity index (χ0n) is 21.9. The van der Waals surface area contributed by atoms with E-state index in [0.717, 1.165) is 6.33 Å². The smallest absolute Gasteiger partial charge is 0.382 e. The summed E-state index contributed by atoms with van der Waals surface area (Å²) in [6, 6.07) is 0. The maximum atomic E-state index is 16.0. The van der Waals surface area contributed by atoms with Gasteiger partial charge in [0, 0.05) is 0 Å². The third-order valence-corrected chi connectivity index (χ3v) is 10.3. The van der Waals surface area contributed by atoms with Crippen LogP contribution in [0.25, 0.3) is 22.3 Å². The van der Waals surface area contributed by atoms with Gasteiger partial charge in [0.05, 0.1) is 25.9 Å². The fraction of sp³-hybridized carbons (Fsp3) is 0.500. The highest BCUT2D eigenvalue weighted by atomic mass is 32.7. The van der Waals surface area contributed by atoms with E-state index in [4.69, 9.17) is 50.8 Å². The molecule has 0 aliphatic carbocycles. The van der Waals surface area contributed by atoms with Gasteiger partial charge in [-0.15, -0.1) is 0 Å². The largest absolute Gasteiger partial charge is 0.386 e. The minimum atomic E-state index is -4.41. The highest BCUT2D eigenvalue weighted by Gasteiger charge is 2.54. The summed E-state index contributed by atoms with van der Waals surface area (Å²) in [5, 5.41) is 0. The van der Waals surface area contributed by atoms with Crippen LogP contribution in [0, 0.1) is 0 Å². The van der Waals surface area contributed by atoms with Gasteiger partial charge in [0.2, 0.25) is 0 Å². The highest BCUT2D eigenvalue weighted by Crippen LogP contribution is 2.58. The molecule has 0 radical (unpaired) electrons. The SMILES string of the molecule is Nc1ncnc2c1ncn2[C@@H]1OC2COP(O)(=S)O[C@H]3[C@H](n4cnc5c(N)ncnc54)OC(COP(=O)(S)O[C@H]2[C@H]1F)[C@@H]3F. The first kappa shape index (κ1) is 30.2. The van der Waals surface area contributed by atoms with Crippen molar-refractivity contribution in [3.63, 3.8) is 0 Å². The Morgan fingerprint density at radius 2 is 1.41 bits per heavy atom. The summed E-state index contributed by atoms with van der Waals surface area (Å²) in [7, 11) is 0. The van der Waals surface area contributed by atoms with Gasteiger partial charge in [-0.05, 0) is 11.8 Å². The number of hydrogen-bond acceptors (Lipinski definition) is 16. The molecule has 3 aliphatic rings. The highest BCUT2D eigenvalue weighted by molar-refractivity contribution is 8.44. The van der Waals surface area contributed by atoms with Crippen molar-refractivity contribution in [2.75, 3.05) is 24.7 Å². The van der Waals surface area contributed by atoms with Crippen molar-refractivity contribution in [1.29, 1.82) is 0 Å². The normalized spacial score (nSPS) is 38.3. The number of aromatic nitrogens is 8. The number of hydrogen-bond donors (Lipinski definition) is 4. The van der Waals surface area contributed by atoms with E-state index in [9.17, 15) is 9.46 Å². The Morgan fingerprint density at radius 3 is 2.05 bits per heavy atom. The average Bonchev–Trinajstić information content (AvgIpc) is 3.73. The summed E-state index contributed by atoms with van der Waals surface area (Å²) in [5.74, 6) is 0.110. The lowest BCUT2D eigenvalue weighted by molar-refractivity contribution is -0.0584. The first-order valence-electron chi connectivity index (χ1n) is 12.7. The molecule has 0 amide bonds. The third kappa shape index (κ3) is 5.26. The van der Waals surface area contributed by atoms with Gasteiger partial charge in [0.25, 0.3) is 0 Å². The van der Waals surface area contributed by atoms with E-state index in [2.05, 4.69) is 42.2 Å². The fourth-order valence-corrected chi connectivity index (χ4v) is 8.05. The lowest BCUT2D eigenvalue weighted by atomic mass is 10.1. The van der Waals surface area contributed by atoms with Crippen molar-refractivity contribution < 1.29 is 45.8 Å². The summed E-state index contributed by atoms with van der Waals surface area (Å²) < 4.78 is 81.3. The Bertz CT molecular complexity index is 1840. The molecule has 3 fully saturated rings. The molecule has 0 saturated carbocycles. The number of halogens is 2. The molecule has 24 heteroatoms. The van der Waals surface area contributed by atoms with Gasteiger partial charge in [-0.1, -0.05) is 12.2 Å². The summed E-state index contributed by atoms with van der Waals surface area (Å²) in [5.41, 5.74) is 12.4. The van der Waals surface area contributed by atoms with E-state index in [1.54, 1.807) is 0 Å². The predicted octanol–water partition coefficient (Wildman–Crippen LogP) is 1.37. The van der Waals surface area contributed by atoms with E-state index < -0.39 is 75.9 Å². The number of nitrogens with zero attached hydrogens (tertiary/aromatic N) is 8. The summed E-state index contributed by atoms with van der Waals surface area (Å²) in [4.78, 5) is 35.2. The molecule has 4 aromatic heterocycles. The first-order valence-corrected chi connectivity index (χ1v) is 18.0. The molecule has 7 heterocycles. The van der Waals surface area contributed by atoms with Crippen LogP contribution in [0.15, 0.2) is 25.3 Å². The van der Waals surface area contributed by atoms with Gasteiger partial charge >= 0.3 is 13.5 Å². The molecule has 3 aliphatic heterocycles. The first-order chi connectivity index (χ1) is 20.9. The van der Waals surface area contributed by atoms with E-state index in [0.29, 0.717) is 0 Å². The molecule has 18 nitrogen and oxygen atoms in total. The van der Waals surface area contributed by atoms with E-state index in [-0.39, 0.29) is 34.0 Å². The van der Waals surface area contributed by atoms with Crippen LogP contribution in [0.3, 0.4) is 0 Å². The number of thiol groups is 1. The van der Waals surface area contributed by atoms with Gasteiger partial charge in [-0.2, -0.15) is 0 Å². The van der Waals surface area contributed by atoms with Crippen LogP contribution >= 0.6 is 25.8 Å². The van der Waals surface area contributed by atoms with Crippen molar-refractivity contribution in [1.82, 2.24) is 39.0 Å². The van der Waals surface area contributed by atoms with Crippen molar-refractivity contribution in [3.05, 3.63) is 25.3 Å². The number of imidazole rings is 2. The summed E-state index contributed by atoms with van der Waals surface area (Å²) in [6.07, 6.45) is -8.00. The summed E-state index contributed by atoms with van der Waals surface area (Å²) >= 11 is 9.16. The maximum Gasteiger partial charge on any atom is 0.386 e. The molecule has 4 aromatic rings.